The number of hydrogen-bond acceptors (Lipinski definition) is 5. The summed E-state index contributed by atoms with van der Waals surface area (Å²) in [6, 6.07) is 11.3. The smallest absolute Gasteiger partial charge is 0.273 e. The average Bonchev–Trinajstić information content (AvgIpc) is 2.65. The molecule has 0 aromatic heterocycles. The molecule has 2 aromatic carbocycles. The van der Waals surface area contributed by atoms with Gasteiger partial charge < -0.3 is 14.5 Å². The number of carbonyl (C=O) groups excluding carboxylic acids is 2. The fraction of sp³-hybridized carbons (Fsp3) is 0.263. The van der Waals surface area contributed by atoms with E-state index in [1.54, 1.807) is 51.4 Å². The first-order chi connectivity index (χ1) is 12.8. The van der Waals surface area contributed by atoms with Gasteiger partial charge in [-0.25, -0.2) is 0 Å². The summed E-state index contributed by atoms with van der Waals surface area (Å²) in [7, 11) is 3.23. The van der Waals surface area contributed by atoms with Crippen molar-refractivity contribution in [1.82, 2.24) is 4.90 Å². The van der Waals surface area contributed by atoms with E-state index in [1.807, 2.05) is 0 Å². The first-order valence-corrected chi connectivity index (χ1v) is 8.34. The van der Waals surface area contributed by atoms with Gasteiger partial charge >= 0.3 is 0 Å². The Kier molecular flexibility index (Phi) is 4.81. The number of amides is 2. The van der Waals surface area contributed by atoms with Crippen molar-refractivity contribution in [3.05, 3.63) is 63.7 Å². The molecule has 2 amide bonds. The summed E-state index contributed by atoms with van der Waals surface area (Å²) in [5.41, 5.74) is 0.906. The minimum absolute atomic E-state index is 0.0228. The number of fused-ring (bicyclic) bond motifs is 1. The van der Waals surface area contributed by atoms with Crippen LogP contribution in [0, 0.1) is 17.0 Å². The van der Waals surface area contributed by atoms with Crippen molar-refractivity contribution in [2.45, 2.75) is 13.0 Å². The number of nitro groups is 1. The van der Waals surface area contributed by atoms with Crippen molar-refractivity contribution in [2.75, 3.05) is 25.5 Å². The number of nitrogens with zero attached hydrogens (tertiary/aromatic N) is 3. The highest BCUT2D eigenvalue weighted by molar-refractivity contribution is 6.09. The lowest BCUT2D eigenvalue weighted by molar-refractivity contribution is -0.385. The Hall–Kier alpha value is -3.42. The second kappa shape index (κ2) is 7.06. The topological polar surface area (TPSA) is 93.0 Å². The molecule has 0 radical (unpaired) electrons. The Morgan fingerprint density at radius 3 is 2.56 bits per heavy atom. The molecule has 0 saturated carbocycles. The van der Waals surface area contributed by atoms with Gasteiger partial charge in [0.15, 0.2) is 6.10 Å². The van der Waals surface area contributed by atoms with Gasteiger partial charge in [-0.2, -0.15) is 0 Å². The van der Waals surface area contributed by atoms with Crippen molar-refractivity contribution in [2.24, 2.45) is 0 Å². The fourth-order valence-electron chi connectivity index (χ4n) is 3.04. The van der Waals surface area contributed by atoms with Gasteiger partial charge in [0.1, 0.15) is 5.75 Å². The highest BCUT2D eigenvalue weighted by atomic mass is 16.6. The van der Waals surface area contributed by atoms with Crippen LogP contribution in [0.2, 0.25) is 0 Å². The zero-order valence-corrected chi connectivity index (χ0v) is 15.2. The SMILES string of the molecule is Cc1c(C(=O)N2CC(C(=O)N(C)C)Oc3ccccc32)cccc1[N+](=O)[O-]. The van der Waals surface area contributed by atoms with Gasteiger partial charge in [-0.15, -0.1) is 0 Å². The average molecular weight is 369 g/mol. The lowest BCUT2D eigenvalue weighted by Gasteiger charge is -2.35. The first kappa shape index (κ1) is 18.4. The summed E-state index contributed by atoms with van der Waals surface area (Å²) < 4.78 is 5.77. The normalized spacial score (nSPS) is 15.5. The molecule has 0 fully saturated rings. The lowest BCUT2D eigenvalue weighted by atomic mass is 10.0. The number of para-hydroxylation sites is 2. The predicted octanol–water partition coefficient (Wildman–Crippen LogP) is 2.40. The summed E-state index contributed by atoms with van der Waals surface area (Å²) in [5, 5.41) is 11.2. The van der Waals surface area contributed by atoms with Gasteiger partial charge in [0, 0.05) is 31.3 Å². The van der Waals surface area contributed by atoms with Crippen molar-refractivity contribution in [3.8, 4) is 5.75 Å². The number of ether oxygens (including phenoxy) is 1. The second-order valence-corrected chi connectivity index (χ2v) is 6.43. The minimum Gasteiger partial charge on any atom is -0.476 e. The van der Waals surface area contributed by atoms with Crippen LogP contribution < -0.4 is 9.64 Å². The Bertz CT molecular complexity index is 925. The zero-order chi connectivity index (χ0) is 19.7. The van der Waals surface area contributed by atoms with Crippen molar-refractivity contribution < 1.29 is 19.2 Å². The molecule has 0 bridgehead atoms. The molecule has 140 valence electrons. The molecule has 0 aliphatic carbocycles. The zero-order valence-electron chi connectivity index (χ0n) is 15.2. The number of likely N-dealkylation sites (N-methyl/N-ethyl adjacent to an activating group) is 1. The Morgan fingerprint density at radius 2 is 1.89 bits per heavy atom. The summed E-state index contributed by atoms with van der Waals surface area (Å²) in [5.74, 6) is -0.262. The predicted molar refractivity (Wildman–Crippen MR) is 99.1 cm³/mol. The monoisotopic (exact) mass is 369 g/mol. The van der Waals surface area contributed by atoms with E-state index in [0.29, 0.717) is 11.4 Å². The Labute approximate surface area is 156 Å². The van der Waals surface area contributed by atoms with E-state index in [0.717, 1.165) is 0 Å². The van der Waals surface area contributed by atoms with Crippen molar-refractivity contribution >= 4 is 23.2 Å². The molecule has 0 spiro atoms. The largest absolute Gasteiger partial charge is 0.476 e. The maximum atomic E-state index is 13.2. The van der Waals surface area contributed by atoms with Crippen molar-refractivity contribution in [3.63, 3.8) is 0 Å². The van der Waals surface area contributed by atoms with Crippen LogP contribution in [0.5, 0.6) is 5.75 Å². The third-order valence-electron chi connectivity index (χ3n) is 4.47. The molecule has 8 nitrogen and oxygen atoms in total. The van der Waals surface area contributed by atoms with Crippen LogP contribution in [0.25, 0.3) is 0 Å². The molecule has 8 heteroatoms. The molecule has 0 saturated heterocycles. The third-order valence-corrected chi connectivity index (χ3v) is 4.47. The van der Waals surface area contributed by atoms with Gasteiger partial charge in [0.2, 0.25) is 0 Å². The molecule has 1 aliphatic heterocycles. The summed E-state index contributed by atoms with van der Waals surface area (Å²) in [4.78, 5) is 39.1. The van der Waals surface area contributed by atoms with Crippen LogP contribution in [-0.2, 0) is 4.79 Å². The van der Waals surface area contributed by atoms with Crippen LogP contribution in [0.3, 0.4) is 0 Å². The highest BCUT2D eigenvalue weighted by Gasteiger charge is 2.35. The van der Waals surface area contributed by atoms with E-state index in [9.17, 15) is 19.7 Å². The van der Waals surface area contributed by atoms with Crippen LogP contribution in [0.4, 0.5) is 11.4 Å². The summed E-state index contributed by atoms with van der Waals surface area (Å²) in [6.45, 7) is 1.56. The molecule has 2 aromatic rings. The van der Waals surface area contributed by atoms with Crippen LogP contribution in [-0.4, -0.2) is 48.4 Å². The summed E-state index contributed by atoms with van der Waals surface area (Å²) in [6.07, 6.45) is -0.849. The standard InChI is InChI=1S/C19H19N3O5/c1-12-13(7-6-9-14(12)22(25)26)18(23)21-11-17(19(24)20(2)3)27-16-10-5-4-8-15(16)21/h4-10,17H,11H2,1-3H3. The molecule has 1 atom stereocenters. The Morgan fingerprint density at radius 1 is 1.19 bits per heavy atom. The van der Waals surface area contributed by atoms with E-state index < -0.39 is 16.9 Å². The molecule has 1 unspecified atom stereocenters. The van der Waals surface area contributed by atoms with Crippen LogP contribution in [0.15, 0.2) is 42.5 Å². The molecule has 0 N–H and O–H groups in total. The summed E-state index contributed by atoms with van der Waals surface area (Å²) >= 11 is 0. The van der Waals surface area contributed by atoms with E-state index in [-0.39, 0.29) is 29.3 Å². The molecular formula is C19H19N3O5. The minimum atomic E-state index is -0.849. The fourth-order valence-corrected chi connectivity index (χ4v) is 3.04. The molecular weight excluding hydrogens is 350 g/mol. The van der Waals surface area contributed by atoms with Gasteiger partial charge in [0.25, 0.3) is 17.5 Å². The Balaban J connectivity index is 2.04. The molecule has 1 heterocycles. The molecule has 27 heavy (non-hydrogen) atoms. The van der Waals surface area contributed by atoms with E-state index >= 15 is 0 Å². The molecule has 1 aliphatic rings. The van der Waals surface area contributed by atoms with Gasteiger partial charge in [-0.05, 0) is 25.1 Å². The van der Waals surface area contributed by atoms with Crippen molar-refractivity contribution in [1.29, 1.82) is 0 Å². The number of rotatable bonds is 3. The molecule has 3 rings (SSSR count). The van der Waals surface area contributed by atoms with Crippen LogP contribution >= 0.6 is 0 Å². The highest BCUT2D eigenvalue weighted by Crippen LogP contribution is 2.35. The number of anilines is 1. The maximum Gasteiger partial charge on any atom is 0.273 e. The van der Waals surface area contributed by atoms with Crippen LogP contribution in [0.1, 0.15) is 15.9 Å². The maximum absolute atomic E-state index is 13.2. The van der Waals surface area contributed by atoms with E-state index in [4.69, 9.17) is 4.74 Å². The number of hydrogen-bond donors (Lipinski definition) is 0. The quantitative estimate of drug-likeness (QED) is 0.612. The number of benzene rings is 2. The van der Waals surface area contributed by atoms with Gasteiger partial charge in [0.05, 0.1) is 17.2 Å². The number of carbonyl (C=O) groups is 2. The second-order valence-electron chi connectivity index (χ2n) is 6.43. The van der Waals surface area contributed by atoms with E-state index in [1.165, 1.54) is 21.9 Å². The van der Waals surface area contributed by atoms with Gasteiger partial charge in [-0.1, -0.05) is 18.2 Å². The van der Waals surface area contributed by atoms with Gasteiger partial charge in [-0.3, -0.25) is 19.7 Å². The lowest BCUT2D eigenvalue weighted by Crippen LogP contribution is -2.50. The first-order valence-electron chi connectivity index (χ1n) is 8.34. The van der Waals surface area contributed by atoms with E-state index in [2.05, 4.69) is 0 Å². The third kappa shape index (κ3) is 3.33. The number of nitro benzene ring substituents is 1.